The fourth-order valence-corrected chi connectivity index (χ4v) is 1.53. The van der Waals surface area contributed by atoms with E-state index in [9.17, 15) is 14.9 Å². The molecule has 1 N–H and O–H groups in total. The van der Waals surface area contributed by atoms with Gasteiger partial charge >= 0.3 is 0 Å². The third-order valence-corrected chi connectivity index (χ3v) is 2.82. The lowest BCUT2D eigenvalue weighted by atomic mass is 10.1. The molecule has 0 aliphatic heterocycles. The Labute approximate surface area is 111 Å². The van der Waals surface area contributed by atoms with Gasteiger partial charge in [-0.15, -0.1) is 0 Å². The van der Waals surface area contributed by atoms with E-state index in [0.29, 0.717) is 5.92 Å². The second-order valence-corrected chi connectivity index (χ2v) is 4.10. The van der Waals surface area contributed by atoms with Crippen LogP contribution in [-0.4, -0.2) is 17.0 Å². The van der Waals surface area contributed by atoms with Crippen molar-refractivity contribution < 1.29 is 9.72 Å². The number of hydrogen-bond acceptors (Lipinski definition) is 4. The number of amides is 1. The molecule has 0 atom stereocenters. The quantitative estimate of drug-likeness (QED) is 0.486. The van der Waals surface area contributed by atoms with Gasteiger partial charge in [-0.05, 0) is 24.8 Å². The molecule has 0 unspecified atom stereocenters. The summed E-state index contributed by atoms with van der Waals surface area (Å²) in [5.74, 6) is -0.128. The van der Waals surface area contributed by atoms with Crippen LogP contribution in [0.15, 0.2) is 29.4 Å². The molecule has 0 aliphatic rings. The largest absolute Gasteiger partial charge is 0.271 e. The van der Waals surface area contributed by atoms with Gasteiger partial charge < -0.3 is 0 Å². The summed E-state index contributed by atoms with van der Waals surface area (Å²) in [6.07, 6.45) is 3.59. The first kappa shape index (κ1) is 14.8. The summed E-state index contributed by atoms with van der Waals surface area (Å²) in [5.41, 5.74) is 2.48. The average Bonchev–Trinajstić information content (AvgIpc) is 2.43. The van der Waals surface area contributed by atoms with E-state index in [1.165, 1.54) is 24.3 Å². The van der Waals surface area contributed by atoms with Gasteiger partial charge in [0, 0.05) is 23.9 Å². The molecule has 1 amide bonds. The number of nitrogens with zero attached hydrogens (tertiary/aromatic N) is 2. The molecule has 1 aromatic carbocycles. The van der Waals surface area contributed by atoms with E-state index in [0.717, 1.165) is 12.8 Å². The van der Waals surface area contributed by atoms with Crippen LogP contribution in [0.2, 0.25) is 0 Å². The zero-order valence-corrected chi connectivity index (χ0v) is 11.0. The predicted octanol–water partition coefficient (Wildman–Crippen LogP) is 2.75. The molecule has 6 heteroatoms. The van der Waals surface area contributed by atoms with Crippen molar-refractivity contribution in [3.05, 3.63) is 39.9 Å². The maximum Gasteiger partial charge on any atom is 0.271 e. The molecule has 19 heavy (non-hydrogen) atoms. The number of benzene rings is 1. The van der Waals surface area contributed by atoms with E-state index >= 15 is 0 Å². The minimum Gasteiger partial charge on any atom is -0.267 e. The van der Waals surface area contributed by atoms with Gasteiger partial charge in [-0.1, -0.05) is 19.9 Å². The van der Waals surface area contributed by atoms with Crippen LogP contribution in [-0.2, 0) is 0 Å². The topological polar surface area (TPSA) is 84.6 Å². The lowest BCUT2D eigenvalue weighted by Gasteiger charge is -2.04. The lowest BCUT2D eigenvalue weighted by molar-refractivity contribution is -0.384. The van der Waals surface area contributed by atoms with Gasteiger partial charge in [0.05, 0.1) is 4.92 Å². The van der Waals surface area contributed by atoms with Gasteiger partial charge in [-0.2, -0.15) is 5.10 Å². The van der Waals surface area contributed by atoms with Crippen molar-refractivity contribution in [2.75, 3.05) is 0 Å². The average molecular weight is 263 g/mol. The summed E-state index contributed by atoms with van der Waals surface area (Å²) in [5, 5.41) is 14.5. The lowest BCUT2D eigenvalue weighted by Crippen LogP contribution is -2.18. The van der Waals surface area contributed by atoms with Gasteiger partial charge in [-0.25, -0.2) is 5.43 Å². The fraction of sp³-hybridized carbons (Fsp3) is 0.385. The number of hydrogen-bond donors (Lipinski definition) is 1. The van der Waals surface area contributed by atoms with E-state index in [2.05, 4.69) is 10.5 Å². The molecule has 0 bridgehead atoms. The Morgan fingerprint density at radius 2 is 2.16 bits per heavy atom. The Morgan fingerprint density at radius 1 is 1.47 bits per heavy atom. The second kappa shape index (κ2) is 7.25. The normalized spacial score (nSPS) is 10.9. The molecule has 1 rings (SSSR count). The van der Waals surface area contributed by atoms with Crippen molar-refractivity contribution >= 4 is 17.8 Å². The number of carbonyl (C=O) groups excluding carboxylic acids is 1. The van der Waals surface area contributed by atoms with E-state index in [4.69, 9.17) is 0 Å². The summed E-state index contributed by atoms with van der Waals surface area (Å²) in [6, 6.07) is 5.54. The Morgan fingerprint density at radius 3 is 2.74 bits per heavy atom. The number of non-ortho nitro benzene ring substituents is 1. The number of rotatable bonds is 6. The first-order valence-electron chi connectivity index (χ1n) is 6.16. The zero-order valence-electron chi connectivity index (χ0n) is 11.0. The van der Waals surface area contributed by atoms with Crippen LogP contribution >= 0.6 is 0 Å². The molecule has 0 spiro atoms. The molecule has 0 fully saturated rings. The number of hydrazone groups is 1. The van der Waals surface area contributed by atoms with Crippen molar-refractivity contribution in [1.82, 2.24) is 5.43 Å². The number of nitro groups is 1. The Bertz CT molecular complexity index is 482. The molecular weight excluding hydrogens is 246 g/mol. The highest BCUT2D eigenvalue weighted by Gasteiger charge is 2.10. The van der Waals surface area contributed by atoms with Crippen LogP contribution in [0.3, 0.4) is 0 Å². The smallest absolute Gasteiger partial charge is 0.267 e. The number of nitrogens with one attached hydrogen (secondary N) is 1. The summed E-state index contributed by atoms with van der Waals surface area (Å²) < 4.78 is 0. The Kier molecular flexibility index (Phi) is 5.66. The van der Waals surface area contributed by atoms with Crippen LogP contribution in [0.25, 0.3) is 0 Å². The van der Waals surface area contributed by atoms with E-state index in [1.807, 2.05) is 13.8 Å². The predicted molar refractivity (Wildman–Crippen MR) is 73.1 cm³/mol. The van der Waals surface area contributed by atoms with Crippen molar-refractivity contribution in [1.29, 1.82) is 0 Å². The van der Waals surface area contributed by atoms with Crippen molar-refractivity contribution in [3.63, 3.8) is 0 Å². The minimum atomic E-state index is -0.537. The molecule has 1 aromatic rings. The first-order chi connectivity index (χ1) is 9.08. The Hall–Kier alpha value is -2.24. The molecule has 0 heterocycles. The van der Waals surface area contributed by atoms with Crippen LogP contribution in [0, 0.1) is 16.0 Å². The van der Waals surface area contributed by atoms with Crippen LogP contribution < -0.4 is 5.43 Å². The van der Waals surface area contributed by atoms with Crippen LogP contribution in [0.5, 0.6) is 0 Å². The first-order valence-corrected chi connectivity index (χ1v) is 6.16. The summed E-state index contributed by atoms with van der Waals surface area (Å²) in [6.45, 7) is 4.09. The summed E-state index contributed by atoms with van der Waals surface area (Å²) in [7, 11) is 0. The third-order valence-electron chi connectivity index (χ3n) is 2.82. The zero-order chi connectivity index (χ0) is 14.3. The molecule has 102 valence electrons. The van der Waals surface area contributed by atoms with Gasteiger partial charge in [0.2, 0.25) is 0 Å². The van der Waals surface area contributed by atoms with Crippen molar-refractivity contribution in [2.45, 2.75) is 26.7 Å². The maximum atomic E-state index is 11.7. The molecule has 0 aliphatic carbocycles. The fourth-order valence-electron chi connectivity index (χ4n) is 1.53. The summed E-state index contributed by atoms with van der Waals surface area (Å²) in [4.78, 5) is 21.8. The Balaban J connectivity index is 2.68. The van der Waals surface area contributed by atoms with Crippen LogP contribution in [0.4, 0.5) is 5.69 Å². The SMILES string of the molecule is CCC(/C=N\NC(=O)c1cccc([N+](=O)[O-])c1)CC. The summed E-state index contributed by atoms with van der Waals surface area (Å²) >= 11 is 0. The number of carbonyl (C=O) groups is 1. The third kappa shape index (κ3) is 4.50. The highest BCUT2D eigenvalue weighted by molar-refractivity contribution is 5.94. The molecule has 0 radical (unpaired) electrons. The molecular formula is C13H17N3O3. The van der Waals surface area contributed by atoms with Crippen LogP contribution in [0.1, 0.15) is 37.0 Å². The molecule has 6 nitrogen and oxygen atoms in total. The second-order valence-electron chi connectivity index (χ2n) is 4.10. The highest BCUT2D eigenvalue weighted by Crippen LogP contribution is 2.12. The number of nitro benzene ring substituents is 1. The van der Waals surface area contributed by atoms with Gasteiger partial charge in [-0.3, -0.25) is 14.9 Å². The van der Waals surface area contributed by atoms with Gasteiger partial charge in [0.1, 0.15) is 0 Å². The van der Waals surface area contributed by atoms with E-state index < -0.39 is 10.8 Å². The minimum absolute atomic E-state index is 0.114. The molecule has 0 saturated carbocycles. The van der Waals surface area contributed by atoms with Gasteiger partial charge in [0.15, 0.2) is 0 Å². The molecule has 0 saturated heterocycles. The monoisotopic (exact) mass is 263 g/mol. The van der Waals surface area contributed by atoms with Gasteiger partial charge in [0.25, 0.3) is 11.6 Å². The van der Waals surface area contributed by atoms with Crippen molar-refractivity contribution in [2.24, 2.45) is 11.0 Å². The van der Waals surface area contributed by atoms with Crippen molar-refractivity contribution in [3.8, 4) is 0 Å². The van der Waals surface area contributed by atoms with E-state index in [1.54, 1.807) is 6.21 Å². The highest BCUT2D eigenvalue weighted by atomic mass is 16.6. The van der Waals surface area contributed by atoms with E-state index in [-0.39, 0.29) is 11.3 Å². The standard InChI is InChI=1S/C13H17N3O3/c1-3-10(4-2)9-14-15-13(17)11-6-5-7-12(8-11)16(18)19/h5-10H,3-4H2,1-2H3,(H,15,17)/b14-9-. The molecule has 0 aromatic heterocycles. The maximum absolute atomic E-state index is 11.7.